The number of methoxy groups -OCH3 is 1. The first-order valence-electron chi connectivity index (χ1n) is 6.41. The predicted molar refractivity (Wildman–Crippen MR) is 71.2 cm³/mol. The van der Waals surface area contributed by atoms with Crippen molar-refractivity contribution in [2.24, 2.45) is 5.92 Å². The summed E-state index contributed by atoms with van der Waals surface area (Å²) < 4.78 is 4.66. The zero-order valence-electron chi connectivity index (χ0n) is 11.3. The van der Waals surface area contributed by atoms with E-state index in [1.807, 2.05) is 6.07 Å². The lowest BCUT2D eigenvalue weighted by Crippen LogP contribution is -2.35. The lowest BCUT2D eigenvalue weighted by molar-refractivity contribution is -0.121. The molecule has 1 aromatic heterocycles. The smallest absolute Gasteiger partial charge is 0.356 e. The van der Waals surface area contributed by atoms with E-state index in [2.05, 4.69) is 14.6 Å². The third-order valence-corrected chi connectivity index (χ3v) is 3.57. The summed E-state index contributed by atoms with van der Waals surface area (Å²) in [6, 6.07) is 3.61. The van der Waals surface area contributed by atoms with Gasteiger partial charge in [0.1, 0.15) is 11.5 Å². The van der Waals surface area contributed by atoms with Crippen LogP contribution in [-0.2, 0) is 9.53 Å². The molecule has 2 rings (SSSR count). The van der Waals surface area contributed by atoms with Crippen molar-refractivity contribution in [1.29, 1.82) is 0 Å². The van der Waals surface area contributed by atoms with Crippen molar-refractivity contribution in [3.8, 4) is 0 Å². The first kappa shape index (κ1) is 13.5. The first-order valence-corrected chi connectivity index (χ1v) is 6.41. The van der Waals surface area contributed by atoms with Crippen LogP contribution in [-0.4, -0.2) is 36.9 Å². The van der Waals surface area contributed by atoms with Gasteiger partial charge in [0, 0.05) is 30.9 Å². The van der Waals surface area contributed by atoms with Crippen molar-refractivity contribution in [2.45, 2.75) is 19.8 Å². The summed E-state index contributed by atoms with van der Waals surface area (Å²) in [5.41, 5.74) is 1.27. The number of hydrogen-bond acceptors (Lipinski definition) is 5. The number of ether oxygens (including phenoxy) is 1. The number of Topliss-reactive ketones (excluding diaryl/α,β-unsaturated/α-hetero) is 1. The van der Waals surface area contributed by atoms with Crippen LogP contribution < -0.4 is 4.90 Å². The molecule has 1 aliphatic rings. The number of ketones is 1. The maximum absolute atomic E-state index is 11.4. The van der Waals surface area contributed by atoms with Crippen molar-refractivity contribution in [2.75, 3.05) is 25.1 Å². The zero-order valence-corrected chi connectivity index (χ0v) is 11.3. The van der Waals surface area contributed by atoms with Crippen molar-refractivity contribution in [1.82, 2.24) is 4.98 Å². The number of piperidine rings is 1. The minimum Gasteiger partial charge on any atom is -0.464 e. The van der Waals surface area contributed by atoms with Crippen LogP contribution in [0.1, 0.15) is 30.3 Å². The van der Waals surface area contributed by atoms with Gasteiger partial charge in [0.25, 0.3) is 0 Å². The molecule has 0 aromatic carbocycles. The Morgan fingerprint density at radius 2 is 2.05 bits per heavy atom. The van der Waals surface area contributed by atoms with Gasteiger partial charge in [-0.3, -0.25) is 4.79 Å². The lowest BCUT2D eigenvalue weighted by atomic mass is 9.93. The minimum absolute atomic E-state index is 0.179. The molecule has 0 atom stereocenters. The number of esters is 1. The number of nitrogens with zero attached hydrogens (tertiary/aromatic N) is 2. The molecule has 0 radical (unpaired) electrons. The molecule has 5 heteroatoms. The molecule has 1 aromatic rings. The standard InChI is InChI=1S/C14H18N2O3/c1-10(17)11-4-7-16(8-5-11)12-3-6-15-13(9-12)14(18)19-2/h3,6,9,11H,4-5,7-8H2,1-2H3. The van der Waals surface area contributed by atoms with Crippen molar-refractivity contribution in [3.63, 3.8) is 0 Å². The van der Waals surface area contributed by atoms with Crippen LogP contribution in [0.3, 0.4) is 0 Å². The molecule has 0 unspecified atom stereocenters. The number of carbonyl (C=O) groups excluding carboxylic acids is 2. The molecular formula is C14H18N2O3. The topological polar surface area (TPSA) is 59.5 Å². The molecule has 0 bridgehead atoms. The van der Waals surface area contributed by atoms with Gasteiger partial charge >= 0.3 is 5.97 Å². The Morgan fingerprint density at radius 1 is 1.37 bits per heavy atom. The Balaban J connectivity index is 2.07. The number of pyridine rings is 1. The van der Waals surface area contributed by atoms with Crippen LogP contribution in [0.15, 0.2) is 18.3 Å². The van der Waals surface area contributed by atoms with E-state index < -0.39 is 5.97 Å². The van der Waals surface area contributed by atoms with Crippen LogP contribution in [0.5, 0.6) is 0 Å². The first-order chi connectivity index (χ1) is 9.11. The summed E-state index contributed by atoms with van der Waals surface area (Å²) in [5.74, 6) is 0.0169. The van der Waals surface area contributed by atoms with E-state index in [0.717, 1.165) is 31.6 Å². The summed E-state index contributed by atoms with van der Waals surface area (Å²) in [4.78, 5) is 28.9. The fourth-order valence-electron chi connectivity index (χ4n) is 2.38. The average Bonchev–Trinajstić information content (AvgIpc) is 2.46. The second-order valence-corrected chi connectivity index (χ2v) is 4.76. The molecule has 0 spiro atoms. The van der Waals surface area contributed by atoms with E-state index >= 15 is 0 Å². The Morgan fingerprint density at radius 3 is 2.63 bits per heavy atom. The number of hydrogen-bond donors (Lipinski definition) is 0. The fourth-order valence-corrected chi connectivity index (χ4v) is 2.38. The number of rotatable bonds is 3. The van der Waals surface area contributed by atoms with Gasteiger partial charge in [0.05, 0.1) is 7.11 Å². The maximum atomic E-state index is 11.4. The molecular weight excluding hydrogens is 244 g/mol. The van der Waals surface area contributed by atoms with Crippen LogP contribution in [0, 0.1) is 5.92 Å². The molecule has 2 heterocycles. The van der Waals surface area contributed by atoms with Gasteiger partial charge in [-0.1, -0.05) is 0 Å². The molecule has 102 valence electrons. The quantitative estimate of drug-likeness (QED) is 0.775. The van der Waals surface area contributed by atoms with E-state index in [9.17, 15) is 9.59 Å². The van der Waals surface area contributed by atoms with Gasteiger partial charge in [0.15, 0.2) is 0 Å². The third kappa shape index (κ3) is 3.10. The second kappa shape index (κ2) is 5.82. The lowest BCUT2D eigenvalue weighted by Gasteiger charge is -2.32. The van der Waals surface area contributed by atoms with E-state index in [-0.39, 0.29) is 11.7 Å². The molecule has 5 nitrogen and oxygen atoms in total. The Hall–Kier alpha value is -1.91. The van der Waals surface area contributed by atoms with Crippen molar-refractivity contribution < 1.29 is 14.3 Å². The number of aromatic nitrogens is 1. The summed E-state index contributed by atoms with van der Waals surface area (Å²) in [5, 5.41) is 0. The fraction of sp³-hybridized carbons (Fsp3) is 0.500. The Bertz CT molecular complexity index is 479. The molecule has 0 amide bonds. The second-order valence-electron chi connectivity index (χ2n) is 4.76. The van der Waals surface area contributed by atoms with Crippen LogP contribution in [0.25, 0.3) is 0 Å². The van der Waals surface area contributed by atoms with Gasteiger partial charge in [-0.2, -0.15) is 0 Å². The van der Waals surface area contributed by atoms with Crippen molar-refractivity contribution in [3.05, 3.63) is 24.0 Å². The van der Waals surface area contributed by atoms with E-state index in [0.29, 0.717) is 5.69 Å². The highest BCUT2D eigenvalue weighted by molar-refractivity contribution is 5.88. The molecule has 0 saturated carbocycles. The van der Waals surface area contributed by atoms with E-state index in [1.165, 1.54) is 7.11 Å². The third-order valence-electron chi connectivity index (χ3n) is 3.57. The Kier molecular flexibility index (Phi) is 4.14. The van der Waals surface area contributed by atoms with E-state index in [4.69, 9.17) is 0 Å². The Labute approximate surface area is 112 Å². The number of anilines is 1. The number of carbonyl (C=O) groups is 2. The highest BCUT2D eigenvalue weighted by atomic mass is 16.5. The molecule has 0 N–H and O–H groups in total. The van der Waals surface area contributed by atoms with Gasteiger partial charge < -0.3 is 9.64 Å². The molecule has 1 aliphatic heterocycles. The van der Waals surface area contributed by atoms with Gasteiger partial charge in [0.2, 0.25) is 0 Å². The molecule has 0 aliphatic carbocycles. The zero-order chi connectivity index (χ0) is 13.8. The highest BCUT2D eigenvalue weighted by Gasteiger charge is 2.23. The monoisotopic (exact) mass is 262 g/mol. The van der Waals surface area contributed by atoms with Gasteiger partial charge in [-0.25, -0.2) is 9.78 Å². The van der Waals surface area contributed by atoms with Crippen molar-refractivity contribution >= 4 is 17.4 Å². The average molecular weight is 262 g/mol. The molecule has 1 saturated heterocycles. The summed E-state index contributed by atoms with van der Waals surface area (Å²) in [6.07, 6.45) is 3.34. The SMILES string of the molecule is COC(=O)c1cc(N2CCC(C(C)=O)CC2)ccn1. The minimum atomic E-state index is -0.430. The summed E-state index contributed by atoms with van der Waals surface area (Å²) >= 11 is 0. The van der Waals surface area contributed by atoms with E-state index in [1.54, 1.807) is 19.2 Å². The summed E-state index contributed by atoms with van der Waals surface area (Å²) in [6.45, 7) is 3.31. The van der Waals surface area contributed by atoms with Gasteiger partial charge in [-0.05, 0) is 31.9 Å². The maximum Gasteiger partial charge on any atom is 0.356 e. The van der Waals surface area contributed by atoms with Crippen LogP contribution >= 0.6 is 0 Å². The van der Waals surface area contributed by atoms with Gasteiger partial charge in [-0.15, -0.1) is 0 Å². The normalized spacial score (nSPS) is 16.2. The van der Waals surface area contributed by atoms with Crippen LogP contribution in [0.2, 0.25) is 0 Å². The predicted octanol–water partition coefficient (Wildman–Crippen LogP) is 1.67. The highest BCUT2D eigenvalue weighted by Crippen LogP contribution is 2.24. The summed E-state index contributed by atoms with van der Waals surface area (Å²) in [7, 11) is 1.34. The van der Waals surface area contributed by atoms with Crippen LogP contribution in [0.4, 0.5) is 5.69 Å². The largest absolute Gasteiger partial charge is 0.464 e. The molecule has 1 fully saturated rings. The molecule has 19 heavy (non-hydrogen) atoms.